The molecule has 0 spiro atoms. The van der Waals surface area contributed by atoms with Gasteiger partial charge in [0.15, 0.2) is 5.82 Å². The lowest BCUT2D eigenvalue weighted by Gasteiger charge is -2.14. The van der Waals surface area contributed by atoms with Gasteiger partial charge in [-0.05, 0) is 12.8 Å². The van der Waals surface area contributed by atoms with Crippen LogP contribution < -0.4 is 4.90 Å². The van der Waals surface area contributed by atoms with Gasteiger partial charge in [0.1, 0.15) is 0 Å². The number of rotatable bonds is 1. The molecule has 62 valence electrons. The maximum absolute atomic E-state index is 5.18. The van der Waals surface area contributed by atoms with Gasteiger partial charge in [0.25, 0.3) is 0 Å². The highest BCUT2D eigenvalue weighted by atomic mass is 32.1. The Labute approximate surface area is 76.4 Å². The first-order chi connectivity index (χ1) is 5.88. The molecule has 2 heterocycles. The summed E-state index contributed by atoms with van der Waals surface area (Å²) in [4.78, 5) is 11.2. The molecule has 1 saturated heterocycles. The first-order valence-corrected chi connectivity index (χ1v) is 4.35. The number of hydrogen-bond acceptors (Lipinski definition) is 3. The van der Waals surface area contributed by atoms with Gasteiger partial charge in [-0.2, -0.15) is 0 Å². The van der Waals surface area contributed by atoms with Gasteiger partial charge in [-0.15, -0.1) is 0 Å². The highest BCUT2D eigenvalue weighted by Crippen LogP contribution is 2.18. The molecule has 3 nitrogen and oxygen atoms in total. The Hall–Kier alpha value is -1.03. The maximum Gasteiger partial charge on any atom is 0.151 e. The van der Waals surface area contributed by atoms with Gasteiger partial charge in [0.2, 0.25) is 0 Å². The fourth-order valence-corrected chi connectivity index (χ4v) is 1.65. The normalized spacial score (nSPS) is 17.0. The molecule has 12 heavy (non-hydrogen) atoms. The van der Waals surface area contributed by atoms with Crippen LogP contribution in [0.3, 0.4) is 0 Å². The fourth-order valence-electron chi connectivity index (χ4n) is 1.32. The largest absolute Gasteiger partial charge is 0.319 e. The molecule has 1 fully saturated rings. The second-order valence-electron chi connectivity index (χ2n) is 2.71. The van der Waals surface area contributed by atoms with Gasteiger partial charge < -0.3 is 4.90 Å². The van der Waals surface area contributed by atoms with Gasteiger partial charge in [0, 0.05) is 18.9 Å². The Kier molecular flexibility index (Phi) is 1.99. The van der Waals surface area contributed by atoms with Crippen molar-refractivity contribution in [2.24, 2.45) is 0 Å². The minimum absolute atomic E-state index is 0.875. The number of nitrogens with zero attached hydrogens (tertiary/aromatic N) is 3. The maximum atomic E-state index is 5.18. The lowest BCUT2D eigenvalue weighted by Crippen LogP contribution is -2.23. The summed E-state index contributed by atoms with van der Waals surface area (Å²) in [5.41, 5.74) is 0. The summed E-state index contributed by atoms with van der Waals surface area (Å²) in [6.45, 7) is 0.984. The monoisotopic (exact) mass is 179 g/mol. The summed E-state index contributed by atoms with van der Waals surface area (Å²) >= 11 is 5.18. The van der Waals surface area contributed by atoms with E-state index in [1.165, 1.54) is 0 Å². The molecular weight excluding hydrogens is 170 g/mol. The van der Waals surface area contributed by atoms with Crippen LogP contribution in [0.25, 0.3) is 0 Å². The molecule has 0 bridgehead atoms. The van der Waals surface area contributed by atoms with E-state index in [1.54, 1.807) is 18.6 Å². The molecular formula is C8H9N3S. The van der Waals surface area contributed by atoms with Gasteiger partial charge in [-0.25, -0.2) is 4.98 Å². The van der Waals surface area contributed by atoms with Crippen molar-refractivity contribution in [3.63, 3.8) is 0 Å². The van der Waals surface area contributed by atoms with E-state index >= 15 is 0 Å². The molecule has 0 N–H and O–H groups in total. The fraction of sp³-hybridized carbons (Fsp3) is 0.375. The molecule has 0 aliphatic carbocycles. The van der Waals surface area contributed by atoms with Gasteiger partial charge in [-0.3, -0.25) is 4.98 Å². The Morgan fingerprint density at radius 1 is 1.42 bits per heavy atom. The van der Waals surface area contributed by atoms with Crippen molar-refractivity contribution in [2.45, 2.75) is 12.8 Å². The molecule has 1 aliphatic rings. The Bertz CT molecular complexity index is 286. The standard InChI is InChI=1S/C8H9N3S/c12-8-2-1-5-11(8)7-6-9-3-4-10-7/h3-4,6H,1-2,5H2. The van der Waals surface area contributed by atoms with Crippen molar-refractivity contribution in [2.75, 3.05) is 11.4 Å². The van der Waals surface area contributed by atoms with Crippen molar-refractivity contribution in [3.05, 3.63) is 18.6 Å². The zero-order chi connectivity index (χ0) is 8.39. The highest BCUT2D eigenvalue weighted by Gasteiger charge is 2.18. The molecule has 0 atom stereocenters. The first kappa shape index (κ1) is 7.61. The van der Waals surface area contributed by atoms with E-state index in [-0.39, 0.29) is 0 Å². The molecule has 2 rings (SSSR count). The van der Waals surface area contributed by atoms with E-state index in [0.717, 1.165) is 30.2 Å². The van der Waals surface area contributed by atoms with Gasteiger partial charge in [0.05, 0.1) is 11.2 Å². The van der Waals surface area contributed by atoms with Crippen LogP contribution in [0.5, 0.6) is 0 Å². The molecule has 1 aliphatic heterocycles. The molecule has 1 aromatic heterocycles. The molecule has 0 amide bonds. The number of aromatic nitrogens is 2. The van der Waals surface area contributed by atoms with E-state index in [4.69, 9.17) is 12.2 Å². The molecule has 0 radical (unpaired) electrons. The average Bonchev–Trinajstić information content (AvgIpc) is 2.53. The van der Waals surface area contributed by atoms with Crippen LogP contribution in [0.15, 0.2) is 18.6 Å². The summed E-state index contributed by atoms with van der Waals surface area (Å²) in [6, 6.07) is 0. The van der Waals surface area contributed by atoms with E-state index in [0.29, 0.717) is 0 Å². The van der Waals surface area contributed by atoms with Crippen LogP contribution >= 0.6 is 12.2 Å². The third kappa shape index (κ3) is 1.30. The van der Waals surface area contributed by atoms with Crippen molar-refractivity contribution >= 4 is 23.0 Å². The third-order valence-corrected chi connectivity index (χ3v) is 2.32. The molecule has 0 aromatic carbocycles. The van der Waals surface area contributed by atoms with Gasteiger partial charge >= 0.3 is 0 Å². The minimum atomic E-state index is 0.875. The molecule has 4 heteroatoms. The van der Waals surface area contributed by atoms with Crippen LogP contribution in [0, 0.1) is 0 Å². The predicted octanol–water partition coefficient (Wildman–Crippen LogP) is 1.40. The summed E-state index contributed by atoms with van der Waals surface area (Å²) in [7, 11) is 0. The smallest absolute Gasteiger partial charge is 0.151 e. The van der Waals surface area contributed by atoms with E-state index in [1.807, 2.05) is 4.90 Å². The molecule has 0 unspecified atom stereocenters. The van der Waals surface area contributed by atoms with Gasteiger partial charge in [-0.1, -0.05) is 12.2 Å². The zero-order valence-corrected chi connectivity index (χ0v) is 7.42. The van der Waals surface area contributed by atoms with Crippen molar-refractivity contribution in [3.8, 4) is 0 Å². The van der Waals surface area contributed by atoms with E-state index in [2.05, 4.69) is 9.97 Å². The zero-order valence-electron chi connectivity index (χ0n) is 6.60. The number of hydrogen-bond donors (Lipinski definition) is 0. The quantitative estimate of drug-likeness (QED) is 0.609. The summed E-state index contributed by atoms with van der Waals surface area (Å²) in [5.74, 6) is 0.875. The Morgan fingerprint density at radius 2 is 2.33 bits per heavy atom. The van der Waals surface area contributed by atoms with Crippen LogP contribution in [-0.2, 0) is 0 Å². The average molecular weight is 179 g/mol. The second-order valence-corrected chi connectivity index (χ2v) is 3.18. The SMILES string of the molecule is S=C1CCCN1c1cnccn1. The first-order valence-electron chi connectivity index (χ1n) is 3.94. The van der Waals surface area contributed by atoms with Crippen molar-refractivity contribution in [1.82, 2.24) is 9.97 Å². The Morgan fingerprint density at radius 3 is 2.92 bits per heavy atom. The predicted molar refractivity (Wildman–Crippen MR) is 51.2 cm³/mol. The molecule has 1 aromatic rings. The van der Waals surface area contributed by atoms with E-state index < -0.39 is 0 Å². The summed E-state index contributed by atoms with van der Waals surface area (Å²) < 4.78 is 0. The van der Waals surface area contributed by atoms with E-state index in [9.17, 15) is 0 Å². The summed E-state index contributed by atoms with van der Waals surface area (Å²) in [6.07, 6.45) is 7.25. The minimum Gasteiger partial charge on any atom is -0.319 e. The highest BCUT2D eigenvalue weighted by molar-refractivity contribution is 7.80. The van der Waals surface area contributed by atoms with Crippen LogP contribution in [0.1, 0.15) is 12.8 Å². The van der Waals surface area contributed by atoms with Crippen molar-refractivity contribution in [1.29, 1.82) is 0 Å². The lowest BCUT2D eigenvalue weighted by molar-refractivity contribution is 0.940. The Balaban J connectivity index is 2.25. The lowest BCUT2D eigenvalue weighted by atomic mass is 10.4. The van der Waals surface area contributed by atoms with Crippen molar-refractivity contribution < 1.29 is 0 Å². The topological polar surface area (TPSA) is 29.0 Å². The summed E-state index contributed by atoms with van der Waals surface area (Å²) in [5, 5.41) is 0. The van der Waals surface area contributed by atoms with Crippen LogP contribution in [0.4, 0.5) is 5.82 Å². The number of thiocarbonyl (C=S) groups is 1. The van der Waals surface area contributed by atoms with Crippen LogP contribution in [-0.4, -0.2) is 21.5 Å². The second kappa shape index (κ2) is 3.15. The third-order valence-electron chi connectivity index (χ3n) is 1.90. The van der Waals surface area contributed by atoms with Crippen LogP contribution in [0.2, 0.25) is 0 Å². The molecule has 0 saturated carbocycles. The number of anilines is 1.